The van der Waals surface area contributed by atoms with E-state index in [1.54, 1.807) is 0 Å². The lowest BCUT2D eigenvalue weighted by molar-refractivity contribution is 0.337. The van der Waals surface area contributed by atoms with Gasteiger partial charge in [-0.2, -0.15) is 5.10 Å². The predicted molar refractivity (Wildman–Crippen MR) is 85.9 cm³/mol. The second-order valence-electron chi connectivity index (χ2n) is 5.49. The molecule has 110 valence electrons. The first-order valence-corrected chi connectivity index (χ1v) is 7.16. The minimum Gasteiger partial charge on any atom is -0.351 e. The molecule has 0 aliphatic rings. The zero-order valence-corrected chi connectivity index (χ0v) is 12.5. The number of nitrogens with zero attached hydrogens (tertiary/aromatic N) is 3. The van der Waals surface area contributed by atoms with E-state index in [1.165, 1.54) is 16.5 Å². The monoisotopic (exact) mass is 283 g/mol. The zero-order chi connectivity index (χ0) is 14.8. The van der Waals surface area contributed by atoms with Crippen LogP contribution in [0, 0.1) is 0 Å². The highest BCUT2D eigenvalue weighted by molar-refractivity contribution is 5.85. The maximum Gasteiger partial charge on any atom is 0.0966 e. The summed E-state index contributed by atoms with van der Waals surface area (Å²) in [7, 11) is 4.14. The number of benzene rings is 1. The molecule has 0 aliphatic carbocycles. The van der Waals surface area contributed by atoms with Crippen LogP contribution >= 0.6 is 0 Å². The first-order chi connectivity index (χ1) is 10.2. The molecule has 0 amide bonds. The van der Waals surface area contributed by atoms with Gasteiger partial charge in [0.1, 0.15) is 0 Å². The molecule has 5 heteroatoms. The van der Waals surface area contributed by atoms with Gasteiger partial charge in [0, 0.05) is 55.7 Å². The van der Waals surface area contributed by atoms with Gasteiger partial charge in [-0.05, 0) is 24.6 Å². The van der Waals surface area contributed by atoms with Crippen LogP contribution in [0.3, 0.4) is 0 Å². The van der Waals surface area contributed by atoms with Gasteiger partial charge in [-0.1, -0.05) is 12.1 Å². The maximum atomic E-state index is 5.61. The summed E-state index contributed by atoms with van der Waals surface area (Å²) in [6, 6.07) is 8.59. The highest BCUT2D eigenvalue weighted by Gasteiger charge is 2.11. The van der Waals surface area contributed by atoms with Gasteiger partial charge in [-0.25, -0.2) is 0 Å². The maximum absolute atomic E-state index is 5.61. The molecule has 0 fully saturated rings. The SMILES string of the molecule is CN(CCN)Cc1c[nH]nc1-c1ccc2ccn(C)c2c1. The molecule has 0 bridgehead atoms. The number of hydrogen-bond donors (Lipinski definition) is 2. The van der Waals surface area contributed by atoms with Gasteiger partial charge in [0.25, 0.3) is 0 Å². The van der Waals surface area contributed by atoms with Crippen molar-refractivity contribution < 1.29 is 0 Å². The summed E-state index contributed by atoms with van der Waals surface area (Å²) in [5.74, 6) is 0. The quantitative estimate of drug-likeness (QED) is 0.752. The number of aryl methyl sites for hydroxylation is 1. The molecule has 0 saturated heterocycles. The smallest absolute Gasteiger partial charge is 0.0966 e. The Bertz CT molecular complexity index is 740. The zero-order valence-electron chi connectivity index (χ0n) is 12.5. The first-order valence-electron chi connectivity index (χ1n) is 7.16. The van der Waals surface area contributed by atoms with Crippen LogP contribution in [-0.2, 0) is 13.6 Å². The molecule has 2 heterocycles. The minimum absolute atomic E-state index is 0.666. The van der Waals surface area contributed by atoms with Gasteiger partial charge in [-0.3, -0.25) is 5.10 Å². The largest absolute Gasteiger partial charge is 0.351 e. The molecule has 3 rings (SSSR count). The van der Waals surface area contributed by atoms with Gasteiger partial charge >= 0.3 is 0 Å². The van der Waals surface area contributed by atoms with E-state index in [0.29, 0.717) is 6.54 Å². The Balaban J connectivity index is 1.95. The summed E-state index contributed by atoms with van der Waals surface area (Å²) in [6.45, 7) is 2.38. The van der Waals surface area contributed by atoms with Crippen LogP contribution < -0.4 is 5.73 Å². The third-order valence-corrected chi connectivity index (χ3v) is 3.83. The molecule has 2 aromatic heterocycles. The third kappa shape index (κ3) is 2.70. The van der Waals surface area contributed by atoms with Gasteiger partial charge in [-0.15, -0.1) is 0 Å². The molecule has 1 aromatic carbocycles. The molecule has 3 N–H and O–H groups in total. The summed E-state index contributed by atoms with van der Waals surface area (Å²) in [5, 5.41) is 8.66. The van der Waals surface area contributed by atoms with Gasteiger partial charge in [0.15, 0.2) is 0 Å². The van der Waals surface area contributed by atoms with Crippen LogP contribution in [-0.4, -0.2) is 39.8 Å². The number of H-pyrrole nitrogens is 1. The second-order valence-corrected chi connectivity index (χ2v) is 5.49. The topological polar surface area (TPSA) is 62.9 Å². The summed E-state index contributed by atoms with van der Waals surface area (Å²) < 4.78 is 2.13. The molecule has 3 aromatic rings. The van der Waals surface area contributed by atoms with E-state index < -0.39 is 0 Å². The Morgan fingerprint density at radius 2 is 2.19 bits per heavy atom. The van der Waals surface area contributed by atoms with Crippen molar-refractivity contribution in [1.29, 1.82) is 0 Å². The number of rotatable bonds is 5. The Morgan fingerprint density at radius 3 is 3.00 bits per heavy atom. The second kappa shape index (κ2) is 5.71. The van der Waals surface area contributed by atoms with E-state index in [2.05, 4.69) is 64.2 Å². The molecule has 0 spiro atoms. The molecule has 0 aliphatic heterocycles. The molecular weight excluding hydrogens is 262 g/mol. The molecule has 0 radical (unpaired) electrons. The number of nitrogens with two attached hydrogens (primary N) is 1. The number of aromatic nitrogens is 3. The Morgan fingerprint density at radius 1 is 1.33 bits per heavy atom. The van der Waals surface area contributed by atoms with Crippen LogP contribution in [0.15, 0.2) is 36.7 Å². The van der Waals surface area contributed by atoms with Crippen molar-refractivity contribution in [3.05, 3.63) is 42.2 Å². The standard InChI is InChI=1S/C16H21N5/c1-20(8-6-17)11-14-10-18-19-16(14)13-4-3-12-5-7-21(2)15(12)9-13/h3-5,7,9-10H,6,8,11,17H2,1-2H3,(H,18,19). The fraction of sp³-hybridized carbons (Fsp3) is 0.312. The summed E-state index contributed by atoms with van der Waals surface area (Å²) in [5.41, 5.74) is 10.2. The van der Waals surface area contributed by atoms with E-state index in [4.69, 9.17) is 5.73 Å². The first kappa shape index (κ1) is 13.9. The number of aromatic amines is 1. The number of fused-ring (bicyclic) bond motifs is 1. The van der Waals surface area contributed by atoms with Crippen LogP contribution in [0.5, 0.6) is 0 Å². The lowest BCUT2D eigenvalue weighted by atomic mass is 10.1. The lowest BCUT2D eigenvalue weighted by Crippen LogP contribution is -2.25. The Kier molecular flexibility index (Phi) is 3.77. The van der Waals surface area contributed by atoms with E-state index in [1.807, 2.05) is 6.20 Å². The van der Waals surface area contributed by atoms with E-state index in [9.17, 15) is 0 Å². The molecule has 0 unspecified atom stereocenters. The van der Waals surface area contributed by atoms with Crippen molar-refractivity contribution in [2.45, 2.75) is 6.54 Å². The van der Waals surface area contributed by atoms with E-state index in [-0.39, 0.29) is 0 Å². The average molecular weight is 283 g/mol. The van der Waals surface area contributed by atoms with Crippen molar-refractivity contribution in [1.82, 2.24) is 19.7 Å². The number of likely N-dealkylation sites (N-methyl/N-ethyl adjacent to an activating group) is 1. The van der Waals surface area contributed by atoms with Crippen LogP contribution in [0.1, 0.15) is 5.56 Å². The molecule has 0 atom stereocenters. The van der Waals surface area contributed by atoms with Gasteiger partial charge in [0.2, 0.25) is 0 Å². The van der Waals surface area contributed by atoms with Gasteiger partial charge in [0.05, 0.1) is 5.69 Å². The average Bonchev–Trinajstić information content (AvgIpc) is 3.06. The molecule has 21 heavy (non-hydrogen) atoms. The van der Waals surface area contributed by atoms with Crippen LogP contribution in [0.25, 0.3) is 22.2 Å². The number of hydrogen-bond acceptors (Lipinski definition) is 3. The fourth-order valence-electron chi connectivity index (χ4n) is 2.69. The van der Waals surface area contributed by atoms with E-state index in [0.717, 1.165) is 24.3 Å². The molecular formula is C16H21N5. The third-order valence-electron chi connectivity index (χ3n) is 3.83. The van der Waals surface area contributed by atoms with Gasteiger partial charge < -0.3 is 15.2 Å². The summed E-state index contributed by atoms with van der Waals surface area (Å²) in [4.78, 5) is 2.20. The Hall–Kier alpha value is -2.11. The highest BCUT2D eigenvalue weighted by Crippen LogP contribution is 2.26. The normalized spacial score (nSPS) is 11.6. The lowest BCUT2D eigenvalue weighted by Gasteiger charge is -2.15. The van der Waals surface area contributed by atoms with Crippen molar-refractivity contribution in [3.63, 3.8) is 0 Å². The van der Waals surface area contributed by atoms with Crippen LogP contribution in [0.4, 0.5) is 0 Å². The fourth-order valence-corrected chi connectivity index (χ4v) is 2.69. The van der Waals surface area contributed by atoms with Crippen molar-refractivity contribution >= 4 is 10.9 Å². The predicted octanol–water partition coefficient (Wildman–Crippen LogP) is 1.96. The van der Waals surface area contributed by atoms with Crippen LogP contribution in [0.2, 0.25) is 0 Å². The van der Waals surface area contributed by atoms with Crippen molar-refractivity contribution in [3.8, 4) is 11.3 Å². The Labute approximate surface area is 124 Å². The summed E-state index contributed by atoms with van der Waals surface area (Å²) >= 11 is 0. The molecule has 5 nitrogen and oxygen atoms in total. The molecule has 0 saturated carbocycles. The number of nitrogens with one attached hydrogen (secondary N) is 1. The van der Waals surface area contributed by atoms with Crippen molar-refractivity contribution in [2.24, 2.45) is 12.8 Å². The van der Waals surface area contributed by atoms with E-state index >= 15 is 0 Å². The van der Waals surface area contributed by atoms with Crippen molar-refractivity contribution in [2.75, 3.05) is 20.1 Å². The minimum atomic E-state index is 0.666. The summed E-state index contributed by atoms with van der Waals surface area (Å²) in [6.07, 6.45) is 4.05. The highest BCUT2D eigenvalue weighted by atomic mass is 15.1.